The average molecular weight is 182 g/mol. The van der Waals surface area contributed by atoms with Gasteiger partial charge in [0.05, 0.1) is 6.61 Å². The maximum Gasteiger partial charge on any atom is 0.177 e. The number of ether oxygens (including phenoxy) is 1. The Hall–Kier alpha value is -0.930. The van der Waals surface area contributed by atoms with Gasteiger partial charge in [0.2, 0.25) is 0 Å². The van der Waals surface area contributed by atoms with E-state index in [0.29, 0.717) is 24.2 Å². The average Bonchev–Trinajstić information content (AvgIpc) is 2.14. The maximum atomic E-state index is 10.7. The fourth-order valence-corrected chi connectivity index (χ4v) is 1.49. The number of carbonyl (C=O) groups excluding carboxylic acids is 1. The Balaban J connectivity index is 2.79. The molecule has 0 spiro atoms. The van der Waals surface area contributed by atoms with Gasteiger partial charge in [-0.15, -0.1) is 0 Å². The SMILES string of the molecule is C=C1C(O)OCCC1/C(C=O)=C\C. The summed E-state index contributed by atoms with van der Waals surface area (Å²) in [7, 11) is 0. The molecule has 0 bridgehead atoms. The molecule has 2 unspecified atom stereocenters. The molecule has 1 saturated heterocycles. The third kappa shape index (κ3) is 2.05. The number of hydrogen-bond acceptors (Lipinski definition) is 3. The standard InChI is InChI=1S/C10H14O3/c1-3-8(6-11)9-4-5-13-10(12)7(9)2/h3,6,9-10,12H,2,4-5H2,1H3/b8-3-. The Kier molecular flexibility index (Phi) is 3.39. The van der Waals surface area contributed by atoms with Crippen molar-refractivity contribution in [3.8, 4) is 0 Å². The fraction of sp³-hybridized carbons (Fsp3) is 0.500. The summed E-state index contributed by atoms with van der Waals surface area (Å²) in [6, 6.07) is 0. The van der Waals surface area contributed by atoms with E-state index in [1.54, 1.807) is 13.0 Å². The Labute approximate surface area is 77.7 Å². The van der Waals surface area contributed by atoms with Crippen molar-refractivity contribution < 1.29 is 14.6 Å². The fourth-order valence-electron chi connectivity index (χ4n) is 1.49. The smallest absolute Gasteiger partial charge is 0.177 e. The molecule has 0 aromatic rings. The first-order chi connectivity index (χ1) is 6.20. The number of carbonyl (C=O) groups is 1. The molecule has 0 aliphatic carbocycles. The molecule has 2 atom stereocenters. The Morgan fingerprint density at radius 1 is 1.77 bits per heavy atom. The van der Waals surface area contributed by atoms with Crippen LogP contribution in [0, 0.1) is 5.92 Å². The summed E-state index contributed by atoms with van der Waals surface area (Å²) in [5, 5.41) is 9.32. The van der Waals surface area contributed by atoms with Crippen LogP contribution in [0.15, 0.2) is 23.8 Å². The summed E-state index contributed by atoms with van der Waals surface area (Å²) >= 11 is 0. The van der Waals surface area contributed by atoms with Crippen LogP contribution in [-0.2, 0) is 9.53 Å². The van der Waals surface area contributed by atoms with Crippen molar-refractivity contribution in [2.75, 3.05) is 6.61 Å². The predicted molar refractivity (Wildman–Crippen MR) is 49.0 cm³/mol. The largest absolute Gasteiger partial charge is 0.364 e. The molecule has 0 aromatic heterocycles. The van der Waals surface area contributed by atoms with Gasteiger partial charge >= 0.3 is 0 Å². The van der Waals surface area contributed by atoms with Crippen molar-refractivity contribution in [2.45, 2.75) is 19.6 Å². The van der Waals surface area contributed by atoms with Crippen molar-refractivity contribution >= 4 is 6.29 Å². The zero-order chi connectivity index (χ0) is 9.84. The van der Waals surface area contributed by atoms with E-state index in [4.69, 9.17) is 4.74 Å². The van der Waals surface area contributed by atoms with E-state index in [2.05, 4.69) is 6.58 Å². The first kappa shape index (κ1) is 10.2. The molecule has 1 heterocycles. The number of aldehydes is 1. The first-order valence-corrected chi connectivity index (χ1v) is 4.30. The quantitative estimate of drug-likeness (QED) is 0.394. The highest BCUT2D eigenvalue weighted by molar-refractivity contribution is 5.75. The number of hydrogen-bond donors (Lipinski definition) is 1. The summed E-state index contributed by atoms with van der Waals surface area (Å²) in [5.74, 6) is -0.0498. The minimum atomic E-state index is -0.923. The molecule has 0 aromatic carbocycles. The Bertz CT molecular complexity index is 243. The molecule has 13 heavy (non-hydrogen) atoms. The number of allylic oxidation sites excluding steroid dienone is 2. The van der Waals surface area contributed by atoms with Gasteiger partial charge in [-0.1, -0.05) is 12.7 Å². The Morgan fingerprint density at radius 2 is 2.46 bits per heavy atom. The van der Waals surface area contributed by atoms with E-state index in [-0.39, 0.29) is 5.92 Å². The van der Waals surface area contributed by atoms with E-state index in [0.717, 1.165) is 6.29 Å². The molecule has 0 amide bonds. The van der Waals surface area contributed by atoms with E-state index in [1.807, 2.05) is 0 Å². The van der Waals surface area contributed by atoms with Crippen LogP contribution in [0.5, 0.6) is 0 Å². The lowest BCUT2D eigenvalue weighted by molar-refractivity contribution is -0.108. The monoisotopic (exact) mass is 182 g/mol. The van der Waals surface area contributed by atoms with Crippen LogP contribution in [0.2, 0.25) is 0 Å². The highest BCUT2D eigenvalue weighted by Gasteiger charge is 2.27. The number of rotatable bonds is 2. The van der Waals surface area contributed by atoms with Gasteiger partial charge in [-0.3, -0.25) is 4.79 Å². The van der Waals surface area contributed by atoms with Gasteiger partial charge in [-0.2, -0.15) is 0 Å². The minimum Gasteiger partial charge on any atom is -0.364 e. The molecule has 1 N–H and O–H groups in total. The van der Waals surface area contributed by atoms with Crippen molar-refractivity contribution in [3.63, 3.8) is 0 Å². The van der Waals surface area contributed by atoms with Crippen LogP contribution in [0.25, 0.3) is 0 Å². The zero-order valence-electron chi connectivity index (χ0n) is 7.69. The third-order valence-corrected chi connectivity index (χ3v) is 2.32. The molecule has 1 aliphatic rings. The van der Waals surface area contributed by atoms with Crippen molar-refractivity contribution in [3.05, 3.63) is 23.8 Å². The van der Waals surface area contributed by atoms with Crippen molar-refractivity contribution in [2.24, 2.45) is 5.92 Å². The lowest BCUT2D eigenvalue weighted by Crippen LogP contribution is -2.29. The van der Waals surface area contributed by atoms with Gasteiger partial charge in [0.15, 0.2) is 6.29 Å². The van der Waals surface area contributed by atoms with E-state index >= 15 is 0 Å². The van der Waals surface area contributed by atoms with E-state index in [9.17, 15) is 9.90 Å². The second-order valence-electron chi connectivity index (χ2n) is 3.05. The summed E-state index contributed by atoms with van der Waals surface area (Å²) in [5.41, 5.74) is 1.25. The second kappa shape index (κ2) is 4.35. The van der Waals surface area contributed by atoms with Gasteiger partial charge in [-0.05, 0) is 24.5 Å². The van der Waals surface area contributed by atoms with E-state index < -0.39 is 6.29 Å². The molecule has 0 saturated carbocycles. The van der Waals surface area contributed by atoms with Gasteiger partial charge < -0.3 is 9.84 Å². The van der Waals surface area contributed by atoms with Crippen LogP contribution < -0.4 is 0 Å². The Morgan fingerprint density at radius 3 is 3.00 bits per heavy atom. The van der Waals surface area contributed by atoms with Crippen molar-refractivity contribution in [1.29, 1.82) is 0 Å². The van der Waals surface area contributed by atoms with Crippen molar-refractivity contribution in [1.82, 2.24) is 0 Å². The highest BCUT2D eigenvalue weighted by Crippen LogP contribution is 2.28. The van der Waals surface area contributed by atoms with E-state index in [1.165, 1.54) is 0 Å². The molecular weight excluding hydrogens is 168 g/mol. The van der Waals surface area contributed by atoms with Crippen LogP contribution in [-0.4, -0.2) is 24.3 Å². The molecule has 3 heteroatoms. The molecule has 1 fully saturated rings. The van der Waals surface area contributed by atoms with Crippen LogP contribution in [0.1, 0.15) is 13.3 Å². The molecule has 1 aliphatic heterocycles. The minimum absolute atomic E-state index is 0.0498. The van der Waals surface area contributed by atoms with Gasteiger partial charge in [0, 0.05) is 5.92 Å². The van der Waals surface area contributed by atoms with Gasteiger partial charge in [0.1, 0.15) is 6.29 Å². The lowest BCUT2D eigenvalue weighted by Gasteiger charge is -2.28. The normalized spacial score (nSPS) is 30.3. The van der Waals surface area contributed by atoms with Gasteiger partial charge in [-0.25, -0.2) is 0 Å². The number of aliphatic hydroxyl groups excluding tert-OH is 1. The third-order valence-electron chi connectivity index (χ3n) is 2.32. The summed E-state index contributed by atoms with van der Waals surface area (Å²) in [6.07, 6.45) is 2.36. The zero-order valence-corrected chi connectivity index (χ0v) is 7.69. The summed E-state index contributed by atoms with van der Waals surface area (Å²) in [6.45, 7) is 5.99. The van der Waals surface area contributed by atoms with Crippen LogP contribution in [0.3, 0.4) is 0 Å². The molecule has 1 rings (SSSR count). The molecule has 3 nitrogen and oxygen atoms in total. The molecule has 0 radical (unpaired) electrons. The van der Waals surface area contributed by atoms with Crippen LogP contribution >= 0.6 is 0 Å². The highest BCUT2D eigenvalue weighted by atomic mass is 16.6. The predicted octanol–water partition coefficient (Wildman–Crippen LogP) is 1.04. The topological polar surface area (TPSA) is 46.5 Å². The molecular formula is C10H14O3. The lowest BCUT2D eigenvalue weighted by atomic mass is 9.87. The maximum absolute atomic E-state index is 10.7. The molecule has 72 valence electrons. The van der Waals surface area contributed by atoms with Crippen LogP contribution in [0.4, 0.5) is 0 Å². The number of aliphatic hydroxyl groups is 1. The summed E-state index contributed by atoms with van der Waals surface area (Å²) in [4.78, 5) is 10.7. The van der Waals surface area contributed by atoms with Gasteiger partial charge in [0.25, 0.3) is 0 Å². The summed E-state index contributed by atoms with van der Waals surface area (Å²) < 4.78 is 4.97. The second-order valence-corrected chi connectivity index (χ2v) is 3.05. The first-order valence-electron chi connectivity index (χ1n) is 4.30.